The van der Waals surface area contributed by atoms with Gasteiger partial charge in [0.25, 0.3) is 0 Å². The van der Waals surface area contributed by atoms with Crippen LogP contribution in [0.1, 0.15) is 17.0 Å². The second-order valence-electron chi connectivity index (χ2n) is 3.51. The van der Waals surface area contributed by atoms with E-state index < -0.39 is 0 Å². The van der Waals surface area contributed by atoms with Gasteiger partial charge in [0, 0.05) is 24.8 Å². The van der Waals surface area contributed by atoms with E-state index in [-0.39, 0.29) is 0 Å². The van der Waals surface area contributed by atoms with Crippen LogP contribution in [0.4, 0.5) is 0 Å². The molecule has 0 fully saturated rings. The molecule has 0 saturated carbocycles. The second-order valence-corrected chi connectivity index (χ2v) is 3.51. The van der Waals surface area contributed by atoms with Crippen LogP contribution < -0.4 is 0 Å². The molecule has 3 nitrogen and oxygen atoms in total. The Hall–Kier alpha value is -1.77. The third-order valence-electron chi connectivity index (χ3n) is 2.20. The average molecular weight is 199 g/mol. The summed E-state index contributed by atoms with van der Waals surface area (Å²) in [5.41, 5.74) is 3.25. The molecule has 0 aromatic carbocycles. The third kappa shape index (κ3) is 2.84. The molecule has 0 N–H and O–H groups in total. The molecule has 0 bridgehead atoms. The smallest absolute Gasteiger partial charge is 0.0593 e. The molecule has 0 radical (unpaired) electrons. The quantitative estimate of drug-likeness (QED) is 0.758. The highest BCUT2D eigenvalue weighted by Crippen LogP contribution is 2.03. The number of hydrogen-bond acceptors (Lipinski definition) is 3. The minimum absolute atomic E-state index is 0.917. The average Bonchev–Trinajstić information content (AvgIpc) is 2.28. The van der Waals surface area contributed by atoms with Gasteiger partial charge in [0.15, 0.2) is 0 Å². The molecule has 0 aliphatic carbocycles. The van der Waals surface area contributed by atoms with Crippen molar-refractivity contribution in [3.8, 4) is 0 Å². The van der Waals surface area contributed by atoms with Crippen molar-refractivity contribution in [2.24, 2.45) is 0 Å². The van der Waals surface area contributed by atoms with E-state index in [0.29, 0.717) is 0 Å². The van der Waals surface area contributed by atoms with Crippen molar-refractivity contribution in [3.63, 3.8) is 0 Å². The molecular formula is C12H13N3. The second kappa shape index (κ2) is 4.64. The Labute approximate surface area is 89.2 Å². The van der Waals surface area contributed by atoms with E-state index >= 15 is 0 Å². The van der Waals surface area contributed by atoms with E-state index in [4.69, 9.17) is 0 Å². The lowest BCUT2D eigenvalue weighted by Gasteiger charge is -2.01. The van der Waals surface area contributed by atoms with E-state index in [0.717, 1.165) is 24.2 Å². The highest BCUT2D eigenvalue weighted by molar-refractivity contribution is 5.11. The lowest BCUT2D eigenvalue weighted by Crippen LogP contribution is -1.97. The van der Waals surface area contributed by atoms with Gasteiger partial charge in [-0.25, -0.2) is 0 Å². The van der Waals surface area contributed by atoms with Crippen molar-refractivity contribution >= 4 is 0 Å². The monoisotopic (exact) mass is 199 g/mol. The minimum Gasteiger partial charge on any atom is -0.264 e. The molecule has 3 heteroatoms. The van der Waals surface area contributed by atoms with E-state index in [1.165, 1.54) is 5.56 Å². The predicted molar refractivity (Wildman–Crippen MR) is 58.4 cm³/mol. The number of rotatable bonds is 3. The van der Waals surface area contributed by atoms with Gasteiger partial charge in [-0.2, -0.15) is 0 Å². The Morgan fingerprint density at radius 1 is 1.07 bits per heavy atom. The van der Waals surface area contributed by atoms with Crippen LogP contribution in [0, 0.1) is 6.92 Å². The lowest BCUT2D eigenvalue weighted by molar-refractivity contribution is 0.880. The summed E-state index contributed by atoms with van der Waals surface area (Å²) in [6.07, 6.45) is 9.16. The summed E-state index contributed by atoms with van der Waals surface area (Å²) < 4.78 is 0. The van der Waals surface area contributed by atoms with Gasteiger partial charge in [-0.05, 0) is 31.4 Å². The first-order valence-corrected chi connectivity index (χ1v) is 5.01. The Bertz CT molecular complexity index is 426. The minimum atomic E-state index is 0.917. The van der Waals surface area contributed by atoms with Gasteiger partial charge in [-0.1, -0.05) is 6.07 Å². The van der Waals surface area contributed by atoms with Crippen molar-refractivity contribution < 1.29 is 0 Å². The molecule has 0 unspecified atom stereocenters. The summed E-state index contributed by atoms with van der Waals surface area (Å²) >= 11 is 0. The van der Waals surface area contributed by atoms with Crippen molar-refractivity contribution in [2.75, 3.05) is 0 Å². The topological polar surface area (TPSA) is 38.7 Å². The lowest BCUT2D eigenvalue weighted by atomic mass is 10.1. The summed E-state index contributed by atoms with van der Waals surface area (Å²) in [5.74, 6) is 0. The van der Waals surface area contributed by atoms with Crippen LogP contribution in [-0.4, -0.2) is 15.0 Å². The summed E-state index contributed by atoms with van der Waals surface area (Å²) in [4.78, 5) is 12.6. The fourth-order valence-corrected chi connectivity index (χ4v) is 1.45. The molecular weight excluding hydrogens is 186 g/mol. The Morgan fingerprint density at radius 3 is 2.73 bits per heavy atom. The van der Waals surface area contributed by atoms with Gasteiger partial charge >= 0.3 is 0 Å². The van der Waals surface area contributed by atoms with Gasteiger partial charge in [0.2, 0.25) is 0 Å². The number of aryl methyl sites for hydroxylation is 3. The molecule has 0 amide bonds. The summed E-state index contributed by atoms with van der Waals surface area (Å²) in [6, 6.07) is 4.04. The van der Waals surface area contributed by atoms with Crippen LogP contribution in [0.5, 0.6) is 0 Å². The summed E-state index contributed by atoms with van der Waals surface area (Å²) in [6.45, 7) is 1.96. The fourth-order valence-electron chi connectivity index (χ4n) is 1.45. The number of nitrogens with zero attached hydrogens (tertiary/aromatic N) is 3. The Kier molecular flexibility index (Phi) is 3.02. The van der Waals surface area contributed by atoms with E-state index in [9.17, 15) is 0 Å². The van der Waals surface area contributed by atoms with Gasteiger partial charge < -0.3 is 0 Å². The van der Waals surface area contributed by atoms with Crippen molar-refractivity contribution in [3.05, 3.63) is 53.9 Å². The van der Waals surface area contributed by atoms with Crippen molar-refractivity contribution in [1.82, 2.24) is 15.0 Å². The zero-order valence-corrected chi connectivity index (χ0v) is 8.72. The standard InChI is InChI=1S/C12H13N3/c1-10-7-14-9-12(15-10)5-4-11-3-2-6-13-8-11/h2-3,6-9H,4-5H2,1H3. The Morgan fingerprint density at radius 2 is 2.00 bits per heavy atom. The fraction of sp³-hybridized carbons (Fsp3) is 0.250. The zero-order chi connectivity index (χ0) is 10.5. The van der Waals surface area contributed by atoms with Crippen LogP contribution in [0.25, 0.3) is 0 Å². The van der Waals surface area contributed by atoms with Gasteiger partial charge in [0.05, 0.1) is 11.4 Å². The molecule has 2 rings (SSSR count). The molecule has 2 aromatic rings. The van der Waals surface area contributed by atoms with E-state index in [1.807, 2.05) is 25.4 Å². The molecule has 2 aromatic heterocycles. The molecule has 76 valence electrons. The first-order valence-electron chi connectivity index (χ1n) is 5.01. The number of pyridine rings is 1. The van der Waals surface area contributed by atoms with Crippen LogP contribution >= 0.6 is 0 Å². The molecule has 0 saturated heterocycles. The van der Waals surface area contributed by atoms with Gasteiger partial charge in [0.1, 0.15) is 0 Å². The van der Waals surface area contributed by atoms with Gasteiger partial charge in [-0.15, -0.1) is 0 Å². The molecule has 0 aliphatic rings. The first-order chi connectivity index (χ1) is 7.34. The number of aromatic nitrogens is 3. The summed E-state index contributed by atoms with van der Waals surface area (Å²) in [7, 11) is 0. The van der Waals surface area contributed by atoms with Crippen LogP contribution in [-0.2, 0) is 12.8 Å². The largest absolute Gasteiger partial charge is 0.264 e. The van der Waals surface area contributed by atoms with Crippen LogP contribution in [0.3, 0.4) is 0 Å². The van der Waals surface area contributed by atoms with Crippen molar-refractivity contribution in [1.29, 1.82) is 0 Å². The SMILES string of the molecule is Cc1cncc(CCc2cccnc2)n1. The summed E-state index contributed by atoms with van der Waals surface area (Å²) in [5, 5.41) is 0. The molecule has 0 spiro atoms. The molecule has 15 heavy (non-hydrogen) atoms. The maximum absolute atomic E-state index is 4.41. The number of hydrogen-bond donors (Lipinski definition) is 0. The molecule has 2 heterocycles. The van der Waals surface area contributed by atoms with E-state index in [2.05, 4.69) is 21.0 Å². The molecule has 0 atom stereocenters. The predicted octanol–water partition coefficient (Wildman–Crippen LogP) is 1.97. The zero-order valence-electron chi connectivity index (χ0n) is 8.72. The van der Waals surface area contributed by atoms with E-state index in [1.54, 1.807) is 12.4 Å². The molecule has 0 aliphatic heterocycles. The maximum Gasteiger partial charge on any atom is 0.0593 e. The third-order valence-corrected chi connectivity index (χ3v) is 2.20. The van der Waals surface area contributed by atoms with Crippen LogP contribution in [0.2, 0.25) is 0 Å². The first kappa shape index (κ1) is 9.77. The Balaban J connectivity index is 1.99. The highest BCUT2D eigenvalue weighted by atomic mass is 14.8. The van der Waals surface area contributed by atoms with Crippen LogP contribution in [0.15, 0.2) is 36.9 Å². The van der Waals surface area contributed by atoms with Gasteiger partial charge in [-0.3, -0.25) is 15.0 Å². The maximum atomic E-state index is 4.41. The highest BCUT2D eigenvalue weighted by Gasteiger charge is 1.97. The van der Waals surface area contributed by atoms with Crippen molar-refractivity contribution in [2.45, 2.75) is 19.8 Å². The normalized spacial score (nSPS) is 10.2.